The lowest BCUT2D eigenvalue weighted by Crippen LogP contribution is -2.11. The molecule has 1 saturated carbocycles. The van der Waals surface area contributed by atoms with Crippen molar-refractivity contribution in [3.8, 4) is 0 Å². The summed E-state index contributed by atoms with van der Waals surface area (Å²) in [5.41, 5.74) is 6.90. The lowest BCUT2D eigenvalue weighted by Gasteiger charge is -2.12. The third-order valence-electron chi connectivity index (χ3n) is 2.74. The van der Waals surface area contributed by atoms with E-state index in [9.17, 15) is 0 Å². The maximum Gasteiger partial charge on any atom is 0.136 e. The molecule has 72 valence electrons. The third-order valence-corrected chi connectivity index (χ3v) is 3.72. The molecule has 2 N–H and O–H groups in total. The van der Waals surface area contributed by atoms with Gasteiger partial charge in [0.25, 0.3) is 0 Å². The summed E-state index contributed by atoms with van der Waals surface area (Å²) in [6.07, 6.45) is 2.63. The molecule has 1 unspecified atom stereocenters. The van der Waals surface area contributed by atoms with Crippen molar-refractivity contribution in [1.82, 2.24) is 9.78 Å². The molecule has 1 fully saturated rings. The number of anilines is 1. The van der Waals surface area contributed by atoms with Crippen LogP contribution in [-0.4, -0.2) is 9.78 Å². The van der Waals surface area contributed by atoms with Crippen LogP contribution < -0.4 is 5.73 Å². The number of nitrogens with two attached hydrogens (primary N) is 1. The van der Waals surface area contributed by atoms with Crippen molar-refractivity contribution >= 4 is 21.7 Å². The van der Waals surface area contributed by atoms with E-state index in [4.69, 9.17) is 5.73 Å². The average Bonchev–Trinajstić information content (AvgIpc) is 2.89. The van der Waals surface area contributed by atoms with Crippen molar-refractivity contribution in [3.63, 3.8) is 0 Å². The minimum Gasteiger partial charge on any atom is -0.383 e. The highest BCUT2D eigenvalue weighted by Gasteiger charge is 2.31. The second-order valence-electron chi connectivity index (χ2n) is 3.81. The summed E-state index contributed by atoms with van der Waals surface area (Å²) in [7, 11) is 0. The summed E-state index contributed by atoms with van der Waals surface area (Å²) in [4.78, 5) is 0. The van der Waals surface area contributed by atoms with Gasteiger partial charge in [-0.25, -0.2) is 4.68 Å². The van der Waals surface area contributed by atoms with E-state index in [2.05, 4.69) is 28.0 Å². The van der Waals surface area contributed by atoms with Gasteiger partial charge in [-0.05, 0) is 48.5 Å². The summed E-state index contributed by atoms with van der Waals surface area (Å²) in [6.45, 7) is 4.16. The highest BCUT2D eigenvalue weighted by Crippen LogP contribution is 2.41. The molecule has 4 heteroatoms. The minimum absolute atomic E-state index is 0.449. The Balaban J connectivity index is 2.33. The van der Waals surface area contributed by atoms with Crippen LogP contribution in [0.1, 0.15) is 31.5 Å². The van der Waals surface area contributed by atoms with E-state index in [1.54, 1.807) is 0 Å². The molecule has 0 aromatic carbocycles. The molecule has 13 heavy (non-hydrogen) atoms. The number of nitrogen functional groups attached to an aromatic ring is 1. The van der Waals surface area contributed by atoms with Crippen LogP contribution in [-0.2, 0) is 0 Å². The minimum atomic E-state index is 0.449. The predicted octanol–water partition coefficient (Wildman–Crippen LogP) is 2.51. The molecule has 0 bridgehead atoms. The number of aromatic nitrogens is 2. The van der Waals surface area contributed by atoms with E-state index in [-0.39, 0.29) is 0 Å². The van der Waals surface area contributed by atoms with Crippen LogP contribution in [0.25, 0.3) is 0 Å². The Morgan fingerprint density at radius 2 is 2.23 bits per heavy atom. The molecule has 0 spiro atoms. The monoisotopic (exact) mass is 243 g/mol. The van der Waals surface area contributed by atoms with Gasteiger partial charge >= 0.3 is 0 Å². The van der Waals surface area contributed by atoms with Gasteiger partial charge in [0.05, 0.1) is 16.2 Å². The fourth-order valence-electron chi connectivity index (χ4n) is 1.63. The smallest absolute Gasteiger partial charge is 0.136 e. The first kappa shape index (κ1) is 9.06. The third kappa shape index (κ3) is 1.47. The molecule has 2 rings (SSSR count). The van der Waals surface area contributed by atoms with Crippen molar-refractivity contribution in [2.24, 2.45) is 5.92 Å². The topological polar surface area (TPSA) is 43.8 Å². The largest absolute Gasteiger partial charge is 0.383 e. The van der Waals surface area contributed by atoms with Gasteiger partial charge in [-0.3, -0.25) is 0 Å². The van der Waals surface area contributed by atoms with E-state index in [0.29, 0.717) is 6.04 Å². The van der Waals surface area contributed by atoms with E-state index in [1.165, 1.54) is 12.8 Å². The first-order valence-electron chi connectivity index (χ1n) is 4.61. The fourth-order valence-corrected chi connectivity index (χ4v) is 1.90. The predicted molar refractivity (Wildman–Crippen MR) is 56.5 cm³/mol. The molecule has 0 saturated heterocycles. The first-order valence-corrected chi connectivity index (χ1v) is 5.40. The fraction of sp³-hybridized carbons (Fsp3) is 0.667. The van der Waals surface area contributed by atoms with Gasteiger partial charge in [-0.2, -0.15) is 5.10 Å². The zero-order chi connectivity index (χ0) is 9.59. The van der Waals surface area contributed by atoms with E-state index < -0.39 is 0 Å². The molecule has 1 heterocycles. The molecule has 1 aromatic rings. The Bertz CT molecular complexity index is 328. The van der Waals surface area contributed by atoms with Gasteiger partial charge < -0.3 is 5.73 Å². The molecule has 3 nitrogen and oxygen atoms in total. The van der Waals surface area contributed by atoms with Crippen molar-refractivity contribution in [2.45, 2.75) is 32.7 Å². The van der Waals surface area contributed by atoms with Crippen molar-refractivity contribution in [1.29, 1.82) is 0 Å². The van der Waals surface area contributed by atoms with Crippen molar-refractivity contribution in [3.05, 3.63) is 10.2 Å². The van der Waals surface area contributed by atoms with Crippen molar-refractivity contribution < 1.29 is 0 Å². The molecular weight excluding hydrogens is 230 g/mol. The highest BCUT2D eigenvalue weighted by atomic mass is 79.9. The molecule has 1 aromatic heterocycles. The SMILES string of the molecule is Cc1nn(C(C)C2CC2)c(N)c1Br. The summed E-state index contributed by atoms with van der Waals surface area (Å²) >= 11 is 3.43. The Kier molecular flexibility index (Phi) is 2.10. The second kappa shape index (κ2) is 3.01. The summed E-state index contributed by atoms with van der Waals surface area (Å²) in [6, 6.07) is 0.449. The van der Waals surface area contributed by atoms with Gasteiger partial charge in [0.15, 0.2) is 0 Å². The molecule has 1 aliphatic carbocycles. The first-order chi connectivity index (χ1) is 6.11. The Hall–Kier alpha value is -0.510. The van der Waals surface area contributed by atoms with Crippen LogP contribution in [0.3, 0.4) is 0 Å². The lowest BCUT2D eigenvalue weighted by atomic mass is 10.2. The Morgan fingerprint density at radius 1 is 1.62 bits per heavy atom. The molecule has 1 aliphatic rings. The number of aryl methyl sites for hydroxylation is 1. The average molecular weight is 244 g/mol. The van der Waals surface area contributed by atoms with Gasteiger partial charge in [0.2, 0.25) is 0 Å². The number of halogens is 1. The summed E-state index contributed by atoms with van der Waals surface area (Å²) in [5, 5.41) is 4.42. The highest BCUT2D eigenvalue weighted by molar-refractivity contribution is 9.10. The number of hydrogen-bond acceptors (Lipinski definition) is 2. The normalized spacial score (nSPS) is 19.0. The van der Waals surface area contributed by atoms with E-state index in [1.807, 2.05) is 11.6 Å². The molecule has 1 atom stereocenters. The van der Waals surface area contributed by atoms with E-state index >= 15 is 0 Å². The van der Waals surface area contributed by atoms with Gasteiger partial charge in [-0.15, -0.1) is 0 Å². The van der Waals surface area contributed by atoms with Crippen LogP contribution in [0.4, 0.5) is 5.82 Å². The van der Waals surface area contributed by atoms with Gasteiger partial charge in [-0.1, -0.05) is 0 Å². The maximum atomic E-state index is 5.92. The second-order valence-corrected chi connectivity index (χ2v) is 4.60. The van der Waals surface area contributed by atoms with E-state index in [0.717, 1.165) is 21.9 Å². The zero-order valence-corrected chi connectivity index (χ0v) is 9.50. The van der Waals surface area contributed by atoms with Crippen LogP contribution >= 0.6 is 15.9 Å². The standard InChI is InChI=1S/C9H14BrN3/c1-5-8(10)9(11)13(12-5)6(2)7-3-4-7/h6-7H,3-4,11H2,1-2H3. The lowest BCUT2D eigenvalue weighted by molar-refractivity contribution is 0.444. The zero-order valence-electron chi connectivity index (χ0n) is 7.92. The van der Waals surface area contributed by atoms with Crippen LogP contribution in [0.2, 0.25) is 0 Å². The number of hydrogen-bond donors (Lipinski definition) is 1. The van der Waals surface area contributed by atoms with Crippen LogP contribution in [0, 0.1) is 12.8 Å². The number of nitrogens with zero attached hydrogens (tertiary/aromatic N) is 2. The Morgan fingerprint density at radius 3 is 2.62 bits per heavy atom. The molecule has 0 aliphatic heterocycles. The maximum absolute atomic E-state index is 5.92. The van der Waals surface area contributed by atoms with Gasteiger partial charge in [0.1, 0.15) is 5.82 Å². The van der Waals surface area contributed by atoms with Crippen molar-refractivity contribution in [2.75, 3.05) is 5.73 Å². The molecule has 0 radical (unpaired) electrons. The van der Waals surface area contributed by atoms with Crippen LogP contribution in [0.5, 0.6) is 0 Å². The summed E-state index contributed by atoms with van der Waals surface area (Å²) < 4.78 is 2.89. The number of rotatable bonds is 2. The van der Waals surface area contributed by atoms with Crippen LogP contribution in [0.15, 0.2) is 4.47 Å². The molecule has 0 amide bonds. The Labute approximate surface area is 86.4 Å². The molecular formula is C9H14BrN3. The quantitative estimate of drug-likeness (QED) is 0.868. The summed E-state index contributed by atoms with van der Waals surface area (Å²) in [5.74, 6) is 1.55. The van der Waals surface area contributed by atoms with Gasteiger partial charge in [0, 0.05) is 0 Å².